The first kappa shape index (κ1) is 17.0. The summed E-state index contributed by atoms with van der Waals surface area (Å²) in [7, 11) is 0. The Morgan fingerprint density at radius 3 is 2.42 bits per heavy atom. The average Bonchev–Trinajstić information content (AvgIpc) is 3.01. The zero-order chi connectivity index (χ0) is 17.3. The molecule has 3 rings (SSSR count). The van der Waals surface area contributed by atoms with E-state index in [1.807, 2.05) is 0 Å². The lowest BCUT2D eigenvalue weighted by atomic mass is 9.99. The van der Waals surface area contributed by atoms with E-state index in [2.05, 4.69) is 11.9 Å². The molecule has 2 heterocycles. The van der Waals surface area contributed by atoms with Crippen molar-refractivity contribution in [1.29, 1.82) is 0 Å². The van der Waals surface area contributed by atoms with Gasteiger partial charge in [0, 0.05) is 18.7 Å². The molecule has 1 aliphatic heterocycles. The van der Waals surface area contributed by atoms with Crippen LogP contribution < -0.4 is 0 Å². The summed E-state index contributed by atoms with van der Waals surface area (Å²) in [5.74, 6) is -0.0635. The van der Waals surface area contributed by atoms with Crippen LogP contribution in [0.1, 0.15) is 35.1 Å². The summed E-state index contributed by atoms with van der Waals surface area (Å²) in [6, 6.07) is 8.63. The first-order chi connectivity index (χ1) is 11.4. The van der Waals surface area contributed by atoms with Crippen LogP contribution in [-0.4, -0.2) is 28.9 Å². The standard InChI is InChI=1S/C17H17F3N2OS/c1-11-7-9-22(10-8-11)16(23)13-14(17(18,19)20)21-15(24-13)12-5-3-2-4-6-12/h2-6,11H,7-10H2,1H3. The van der Waals surface area contributed by atoms with E-state index >= 15 is 0 Å². The fourth-order valence-electron chi connectivity index (χ4n) is 2.72. The number of hydrogen-bond donors (Lipinski definition) is 0. The molecule has 0 saturated carbocycles. The molecule has 1 fully saturated rings. The molecule has 0 atom stereocenters. The first-order valence-corrected chi connectivity index (χ1v) is 8.60. The van der Waals surface area contributed by atoms with E-state index in [0.29, 0.717) is 24.6 Å². The Bertz CT molecular complexity index is 719. The van der Waals surface area contributed by atoms with Crippen LogP contribution in [-0.2, 0) is 6.18 Å². The first-order valence-electron chi connectivity index (χ1n) is 7.79. The summed E-state index contributed by atoms with van der Waals surface area (Å²) in [5.41, 5.74) is -0.491. The second-order valence-corrected chi connectivity index (χ2v) is 7.03. The van der Waals surface area contributed by atoms with Gasteiger partial charge in [-0.3, -0.25) is 4.79 Å². The molecule has 0 aliphatic carbocycles. The van der Waals surface area contributed by atoms with Crippen LogP contribution in [0.15, 0.2) is 30.3 Å². The molecule has 24 heavy (non-hydrogen) atoms. The fraction of sp³-hybridized carbons (Fsp3) is 0.412. The number of carbonyl (C=O) groups is 1. The average molecular weight is 354 g/mol. The number of piperidine rings is 1. The normalized spacial score (nSPS) is 16.4. The van der Waals surface area contributed by atoms with Crippen molar-refractivity contribution in [3.8, 4) is 10.6 Å². The molecule has 0 radical (unpaired) electrons. The summed E-state index contributed by atoms with van der Waals surface area (Å²) < 4.78 is 40.0. The second-order valence-electron chi connectivity index (χ2n) is 6.04. The van der Waals surface area contributed by atoms with Gasteiger partial charge < -0.3 is 4.90 Å². The number of amides is 1. The third-order valence-corrected chi connectivity index (χ3v) is 5.27. The molecule has 0 N–H and O–H groups in total. The Balaban J connectivity index is 1.97. The SMILES string of the molecule is CC1CCN(C(=O)c2sc(-c3ccccc3)nc2C(F)(F)F)CC1. The smallest absolute Gasteiger partial charge is 0.338 e. The lowest BCUT2D eigenvalue weighted by molar-refractivity contribution is -0.141. The predicted molar refractivity (Wildman–Crippen MR) is 86.9 cm³/mol. The molecule has 0 spiro atoms. The van der Waals surface area contributed by atoms with Gasteiger partial charge in [0.15, 0.2) is 5.69 Å². The third-order valence-electron chi connectivity index (χ3n) is 4.18. The second kappa shape index (κ2) is 6.55. The number of benzene rings is 1. The highest BCUT2D eigenvalue weighted by Gasteiger charge is 2.41. The Kier molecular flexibility index (Phi) is 4.62. The number of rotatable bonds is 2. The van der Waals surface area contributed by atoms with Gasteiger partial charge in [0.2, 0.25) is 0 Å². The van der Waals surface area contributed by atoms with Gasteiger partial charge in [-0.25, -0.2) is 4.98 Å². The fourth-order valence-corrected chi connectivity index (χ4v) is 3.78. The van der Waals surface area contributed by atoms with E-state index in [9.17, 15) is 18.0 Å². The predicted octanol–water partition coefficient (Wildman–Crippen LogP) is 4.70. The van der Waals surface area contributed by atoms with Gasteiger partial charge in [-0.2, -0.15) is 13.2 Å². The molecule has 3 nitrogen and oxygen atoms in total. The third kappa shape index (κ3) is 3.45. The minimum atomic E-state index is -4.64. The van der Waals surface area contributed by atoms with Crippen molar-refractivity contribution in [1.82, 2.24) is 9.88 Å². The molecule has 1 aliphatic rings. The van der Waals surface area contributed by atoms with Gasteiger partial charge in [-0.1, -0.05) is 37.3 Å². The van der Waals surface area contributed by atoms with Crippen molar-refractivity contribution in [2.45, 2.75) is 25.9 Å². The van der Waals surface area contributed by atoms with Gasteiger partial charge in [0.05, 0.1) is 0 Å². The van der Waals surface area contributed by atoms with E-state index < -0.39 is 17.8 Å². The molecule has 7 heteroatoms. The van der Waals surface area contributed by atoms with E-state index in [1.165, 1.54) is 4.90 Å². The molecule has 1 aromatic carbocycles. The van der Waals surface area contributed by atoms with Crippen LogP contribution in [0.2, 0.25) is 0 Å². The van der Waals surface area contributed by atoms with E-state index in [-0.39, 0.29) is 9.88 Å². The van der Waals surface area contributed by atoms with Crippen molar-refractivity contribution in [2.24, 2.45) is 5.92 Å². The van der Waals surface area contributed by atoms with E-state index in [1.54, 1.807) is 30.3 Å². The lowest BCUT2D eigenvalue weighted by Gasteiger charge is -2.30. The monoisotopic (exact) mass is 354 g/mol. The number of hydrogen-bond acceptors (Lipinski definition) is 3. The maximum atomic E-state index is 13.3. The molecule has 2 aromatic rings. The van der Waals surface area contributed by atoms with Crippen molar-refractivity contribution in [2.75, 3.05) is 13.1 Å². The Morgan fingerprint density at radius 2 is 1.83 bits per heavy atom. The van der Waals surface area contributed by atoms with Gasteiger partial charge >= 0.3 is 6.18 Å². The number of carbonyl (C=O) groups excluding carboxylic acids is 1. The number of aromatic nitrogens is 1. The Hall–Kier alpha value is -1.89. The maximum Gasteiger partial charge on any atom is 0.435 e. The Morgan fingerprint density at radius 1 is 1.21 bits per heavy atom. The lowest BCUT2D eigenvalue weighted by Crippen LogP contribution is -2.38. The van der Waals surface area contributed by atoms with Crippen LogP contribution in [0.25, 0.3) is 10.6 Å². The number of thiazole rings is 1. The van der Waals surface area contributed by atoms with Crippen molar-refractivity contribution >= 4 is 17.2 Å². The van der Waals surface area contributed by atoms with Crippen molar-refractivity contribution in [3.05, 3.63) is 40.9 Å². The number of likely N-dealkylation sites (tertiary alicyclic amines) is 1. The summed E-state index contributed by atoms with van der Waals surface area (Å²) in [6.45, 7) is 3.08. The van der Waals surface area contributed by atoms with Crippen molar-refractivity contribution < 1.29 is 18.0 Å². The maximum absolute atomic E-state index is 13.3. The molecule has 128 valence electrons. The molecule has 1 aromatic heterocycles. The quantitative estimate of drug-likeness (QED) is 0.783. The van der Waals surface area contributed by atoms with Crippen molar-refractivity contribution in [3.63, 3.8) is 0 Å². The van der Waals surface area contributed by atoms with Crippen LogP contribution in [0.4, 0.5) is 13.2 Å². The largest absolute Gasteiger partial charge is 0.435 e. The molecular weight excluding hydrogens is 337 g/mol. The Labute approximate surface area is 142 Å². The summed E-state index contributed by atoms with van der Waals surface area (Å²) in [4.78, 5) is 17.5. The minimum Gasteiger partial charge on any atom is -0.338 e. The van der Waals surface area contributed by atoms with Gasteiger partial charge in [0.1, 0.15) is 9.88 Å². The van der Waals surface area contributed by atoms with Gasteiger partial charge in [0.25, 0.3) is 5.91 Å². The molecule has 1 saturated heterocycles. The number of alkyl halides is 3. The van der Waals surface area contributed by atoms with Crippen LogP contribution in [0.3, 0.4) is 0 Å². The topological polar surface area (TPSA) is 33.2 Å². The van der Waals surface area contributed by atoms with E-state index in [0.717, 1.165) is 24.2 Å². The van der Waals surface area contributed by atoms with Gasteiger partial charge in [-0.15, -0.1) is 11.3 Å². The summed E-state index contributed by atoms with van der Waals surface area (Å²) in [6.07, 6.45) is -3.01. The van der Waals surface area contributed by atoms with Gasteiger partial charge in [-0.05, 0) is 18.8 Å². The zero-order valence-corrected chi connectivity index (χ0v) is 14.0. The van der Waals surface area contributed by atoms with E-state index in [4.69, 9.17) is 0 Å². The molecule has 0 bridgehead atoms. The molecule has 1 amide bonds. The zero-order valence-electron chi connectivity index (χ0n) is 13.1. The van der Waals surface area contributed by atoms with Crippen LogP contribution in [0, 0.1) is 5.92 Å². The summed E-state index contributed by atoms with van der Waals surface area (Å²) in [5, 5.41) is 0.219. The highest BCUT2D eigenvalue weighted by atomic mass is 32.1. The molecule has 0 unspecified atom stereocenters. The molecular formula is C17H17F3N2OS. The minimum absolute atomic E-state index is 0.219. The van der Waals surface area contributed by atoms with Crippen LogP contribution >= 0.6 is 11.3 Å². The highest BCUT2D eigenvalue weighted by molar-refractivity contribution is 7.17. The number of halogens is 3. The van der Waals surface area contributed by atoms with Crippen LogP contribution in [0.5, 0.6) is 0 Å². The number of nitrogens with zero attached hydrogens (tertiary/aromatic N) is 2. The summed E-state index contributed by atoms with van der Waals surface area (Å²) >= 11 is 0.820. The highest BCUT2D eigenvalue weighted by Crippen LogP contribution is 2.38.